The van der Waals surface area contributed by atoms with Crippen molar-refractivity contribution in [2.24, 2.45) is 0 Å². The Bertz CT molecular complexity index is 13.0. The first-order chi connectivity index (χ1) is 0. The summed E-state index contributed by atoms with van der Waals surface area (Å²) in [6, 6.07) is 0. The minimum atomic E-state index is 0. The van der Waals surface area contributed by atoms with Gasteiger partial charge in [0, 0.05) is 67.2 Å². The molecule has 0 aliphatic rings. The summed E-state index contributed by atoms with van der Waals surface area (Å²) in [7, 11) is 0. The molecule has 0 saturated carbocycles. The van der Waals surface area contributed by atoms with Gasteiger partial charge in [-0.1, -0.05) is 0 Å². The smallest absolute Gasteiger partial charge is 0 e. The molecule has 0 nitrogen and oxygen atoms in total. The molecular weight excluding hydrogens is 1220 g/mol. The van der Waals surface area contributed by atoms with Crippen LogP contribution in [0, 0.1) is 39.9 Å². The first kappa shape index (κ1) is 70.5. The van der Waals surface area contributed by atoms with Crippen LogP contribution in [0.1, 0.15) is 0 Å². The third-order valence-corrected chi connectivity index (χ3v) is 0. The van der Waals surface area contributed by atoms with Crippen molar-refractivity contribution in [3.8, 4) is 0 Å². The average Bonchev–Trinajstić information content (AvgIpc) is 0. The van der Waals surface area contributed by atoms with Crippen molar-refractivity contribution < 1.29 is 67.2 Å². The molecule has 0 radical (unpaired) electrons. The molecule has 0 saturated heterocycles. The number of hydrogen-bond donors (Lipinski definition) is 0. The maximum atomic E-state index is 0. The van der Waals surface area contributed by atoms with E-state index in [0.29, 0.717) is 0 Å². The summed E-state index contributed by atoms with van der Waals surface area (Å²) < 4.78 is 0. The van der Waals surface area contributed by atoms with E-state index in [9.17, 15) is 0 Å². The molecule has 0 heterocycles. The molecule has 0 aliphatic carbocycles. The van der Waals surface area contributed by atoms with E-state index < -0.39 is 0 Å². The van der Waals surface area contributed by atoms with E-state index in [2.05, 4.69) is 0 Å². The summed E-state index contributed by atoms with van der Waals surface area (Å²) in [4.78, 5) is 0. The maximum absolute atomic E-state index is 0. The molecule has 0 unspecified atom stereocenters. The van der Waals surface area contributed by atoms with Crippen molar-refractivity contribution in [2.75, 3.05) is 0 Å². The molecule has 0 rings (SSSR count). The minimum absolute atomic E-state index is 0. The van der Waals surface area contributed by atoms with Crippen LogP contribution in [0.5, 0.6) is 0 Å². The summed E-state index contributed by atoms with van der Waals surface area (Å²) in [6.45, 7) is 0. The van der Waals surface area contributed by atoms with Gasteiger partial charge in [0.05, 0.1) is 0 Å². The first-order valence-corrected chi connectivity index (χ1v) is 0. The Morgan fingerprint density at radius 2 is 0.444 bits per heavy atom. The van der Waals surface area contributed by atoms with Gasteiger partial charge < -0.3 is 0 Å². The van der Waals surface area contributed by atoms with Crippen molar-refractivity contribution in [3.05, 3.63) is 0 Å². The van der Waals surface area contributed by atoms with Crippen LogP contribution in [-0.4, -0.2) is 25.8 Å². The summed E-state index contributed by atoms with van der Waals surface area (Å²) in [5, 5.41) is 0. The standard InChI is InChI=1S/Cd.6HI.In.Th.3H/h;6*1H;;;;;. The third-order valence-electron chi connectivity index (χ3n) is 0. The second-order valence-corrected chi connectivity index (χ2v) is 0. The summed E-state index contributed by atoms with van der Waals surface area (Å²) in [6.07, 6.45) is 0. The van der Waals surface area contributed by atoms with Gasteiger partial charge in [0.1, 0.15) is 0 Å². The van der Waals surface area contributed by atoms with Crippen molar-refractivity contribution in [3.63, 3.8) is 0 Å². The molecule has 60 valence electrons. The van der Waals surface area contributed by atoms with E-state index in [-0.39, 0.29) is 237 Å². The fraction of sp³-hybridized carbons (Fsp3) is 0. The van der Waals surface area contributed by atoms with E-state index >= 15 is 0 Å². The van der Waals surface area contributed by atoms with Crippen LogP contribution in [0.3, 0.4) is 0 Å². The van der Waals surface area contributed by atoms with Crippen LogP contribution < -0.4 is 0 Å². The number of hydrogen-bond acceptors (Lipinski definition) is 0. The zero-order chi connectivity index (χ0) is 0. The fourth-order valence-electron chi connectivity index (χ4n) is 0. The minimum Gasteiger partial charge on any atom is 0 e. The monoisotopic (exact) mass is 1230 g/mol. The normalized spacial score (nSPS) is 0. The molecule has 0 aromatic carbocycles. The van der Waals surface area contributed by atoms with Gasteiger partial charge in [0.25, 0.3) is 0 Å². The van der Waals surface area contributed by atoms with Gasteiger partial charge in [0.2, 0.25) is 0 Å². The van der Waals surface area contributed by atoms with Gasteiger partial charge in [-0.15, -0.1) is 144 Å². The Hall–Kier alpha value is 7.50. The fourth-order valence-corrected chi connectivity index (χ4v) is 0. The largest absolute Gasteiger partial charge is 0 e. The molecule has 9 heavy (non-hydrogen) atoms. The van der Waals surface area contributed by atoms with Crippen LogP contribution in [0.25, 0.3) is 0 Å². The Kier molecular flexibility index (Phi) is 454. The van der Waals surface area contributed by atoms with Gasteiger partial charge in [0.15, 0.2) is 0 Å². The Morgan fingerprint density at radius 1 is 0.444 bits per heavy atom. The summed E-state index contributed by atoms with van der Waals surface area (Å²) in [5.41, 5.74) is 0. The van der Waals surface area contributed by atoms with Gasteiger partial charge in [-0.2, -0.15) is 0 Å². The average molecular weight is 1230 g/mol. The van der Waals surface area contributed by atoms with Gasteiger partial charge in [-0.3, -0.25) is 0 Å². The Morgan fingerprint density at radius 3 is 0.444 bits per heavy atom. The predicted octanol–water partition coefficient (Wildman–Crippen LogP) is 2.52. The second-order valence-electron chi connectivity index (χ2n) is 0. The molecule has 9 heteroatoms. The van der Waals surface area contributed by atoms with Crippen LogP contribution in [0.15, 0.2) is 0 Å². The van der Waals surface area contributed by atoms with Crippen molar-refractivity contribution in [2.45, 2.75) is 0 Å². The Labute approximate surface area is 230 Å². The topological polar surface area (TPSA) is 0 Å². The Balaban J connectivity index is 0. The van der Waals surface area contributed by atoms with E-state index in [4.69, 9.17) is 0 Å². The molecule has 0 atom stereocenters. The second kappa shape index (κ2) is 57.9. The molecular formula is H9CdI6InTh. The number of halogens is 6. The molecule has 0 N–H and O–H groups in total. The van der Waals surface area contributed by atoms with E-state index in [1.54, 1.807) is 0 Å². The molecule has 0 bridgehead atoms. The first-order valence-electron chi connectivity index (χ1n) is 0. The molecule has 0 aliphatic heterocycles. The van der Waals surface area contributed by atoms with Crippen LogP contribution in [0.4, 0.5) is 0 Å². The van der Waals surface area contributed by atoms with Crippen LogP contribution >= 0.6 is 144 Å². The van der Waals surface area contributed by atoms with Crippen molar-refractivity contribution in [1.29, 1.82) is 0 Å². The zero-order valence-electron chi connectivity index (χ0n) is 3.66. The van der Waals surface area contributed by atoms with Gasteiger partial charge in [-0.25, -0.2) is 0 Å². The summed E-state index contributed by atoms with van der Waals surface area (Å²) >= 11 is 0. The van der Waals surface area contributed by atoms with Gasteiger partial charge >= 0.3 is 25.8 Å². The zero-order valence-corrected chi connectivity index (χ0v) is 25.8. The molecule has 0 aromatic heterocycles. The van der Waals surface area contributed by atoms with Crippen LogP contribution in [0.2, 0.25) is 0 Å². The quantitative estimate of drug-likeness (QED) is 0.259. The van der Waals surface area contributed by atoms with Crippen molar-refractivity contribution in [1.82, 2.24) is 0 Å². The molecule has 0 amide bonds. The third kappa shape index (κ3) is 50.2. The van der Waals surface area contributed by atoms with Crippen LogP contribution in [-0.2, 0) is 27.3 Å². The maximum Gasteiger partial charge on any atom is 0 e. The van der Waals surface area contributed by atoms with E-state index in [0.717, 1.165) is 0 Å². The van der Waals surface area contributed by atoms with Gasteiger partial charge in [-0.05, 0) is 0 Å². The molecule has 0 aromatic rings. The summed E-state index contributed by atoms with van der Waals surface area (Å²) in [5.74, 6) is 0. The van der Waals surface area contributed by atoms with E-state index in [1.165, 1.54) is 0 Å². The van der Waals surface area contributed by atoms with E-state index in [1.807, 2.05) is 0 Å². The number of rotatable bonds is 0. The molecule has 0 fully saturated rings. The SMILES string of the molecule is I.I.I.I.I.I.[Cd].[InH3].[Th]. The predicted molar refractivity (Wildman–Crippen MR) is 102 cm³/mol. The van der Waals surface area contributed by atoms with Crippen molar-refractivity contribution >= 4 is 170 Å². The molecule has 0 spiro atoms.